The van der Waals surface area contributed by atoms with Crippen LogP contribution in [0.1, 0.15) is 37.7 Å². The van der Waals surface area contributed by atoms with Crippen LogP contribution in [0.4, 0.5) is 5.69 Å². The maximum absolute atomic E-state index is 12.0. The van der Waals surface area contributed by atoms with Crippen molar-refractivity contribution in [2.45, 2.75) is 43.9 Å². The van der Waals surface area contributed by atoms with Crippen LogP contribution in [-0.2, 0) is 24.3 Å². The molecule has 1 amide bonds. The average Bonchev–Trinajstić information content (AvgIpc) is 2.62. The van der Waals surface area contributed by atoms with Gasteiger partial charge in [0.05, 0.1) is 10.8 Å². The molecule has 7 nitrogen and oxygen atoms in total. The minimum atomic E-state index is -3.61. The Bertz CT molecular complexity index is 739. The fraction of sp³-hybridized carbons (Fsp3) is 0.529. The fourth-order valence-electron chi connectivity index (χ4n) is 2.87. The molecule has 0 bridgehead atoms. The van der Waals surface area contributed by atoms with Crippen molar-refractivity contribution in [2.24, 2.45) is 5.92 Å². The molecule has 0 spiro atoms. The summed E-state index contributed by atoms with van der Waals surface area (Å²) in [5.41, 5.74) is 0.897. The predicted molar refractivity (Wildman–Crippen MR) is 93.6 cm³/mol. The molecule has 2 N–H and O–H groups in total. The van der Waals surface area contributed by atoms with E-state index in [2.05, 4.69) is 10.0 Å². The first-order valence-corrected chi connectivity index (χ1v) is 9.82. The summed E-state index contributed by atoms with van der Waals surface area (Å²) in [7, 11) is -2.29. The predicted octanol–water partition coefficient (Wildman–Crippen LogP) is 1.97. The highest BCUT2D eigenvalue weighted by molar-refractivity contribution is 7.89. The normalized spacial score (nSPS) is 15.6. The summed E-state index contributed by atoms with van der Waals surface area (Å²) in [6.07, 6.45) is 4.78. The molecule has 1 fully saturated rings. The van der Waals surface area contributed by atoms with Gasteiger partial charge < -0.3 is 10.1 Å². The third-order valence-electron chi connectivity index (χ3n) is 4.31. The van der Waals surface area contributed by atoms with Crippen LogP contribution < -0.4 is 10.0 Å². The Balaban J connectivity index is 1.94. The number of ether oxygens (including phenoxy) is 1. The van der Waals surface area contributed by atoms with Crippen molar-refractivity contribution in [3.05, 3.63) is 23.8 Å². The molecule has 1 saturated carbocycles. The number of nitrogens with one attached hydrogen (secondary N) is 2. The number of sulfonamides is 1. The van der Waals surface area contributed by atoms with Crippen molar-refractivity contribution < 1.29 is 22.7 Å². The molecule has 2 rings (SSSR count). The van der Waals surface area contributed by atoms with Crippen LogP contribution in [-0.4, -0.2) is 33.9 Å². The lowest BCUT2D eigenvalue weighted by Gasteiger charge is -2.19. The zero-order valence-corrected chi connectivity index (χ0v) is 15.3. The zero-order chi connectivity index (χ0) is 18.4. The van der Waals surface area contributed by atoms with Gasteiger partial charge in [-0.1, -0.05) is 25.3 Å². The summed E-state index contributed by atoms with van der Waals surface area (Å²) < 4.78 is 31.2. The van der Waals surface area contributed by atoms with Crippen LogP contribution in [0.3, 0.4) is 0 Å². The molecule has 25 heavy (non-hydrogen) atoms. The van der Waals surface area contributed by atoms with Crippen molar-refractivity contribution in [1.82, 2.24) is 4.72 Å². The molecule has 0 unspecified atom stereocenters. The first kappa shape index (κ1) is 19.4. The second-order valence-corrected chi connectivity index (χ2v) is 8.03. The number of hydrogen-bond acceptors (Lipinski definition) is 5. The molecule has 0 saturated heterocycles. The zero-order valence-electron chi connectivity index (χ0n) is 14.5. The molecule has 1 aromatic rings. The first-order chi connectivity index (χ1) is 11.8. The maximum Gasteiger partial charge on any atom is 0.309 e. The van der Waals surface area contributed by atoms with Gasteiger partial charge in [-0.2, -0.15) is 0 Å². The number of rotatable bonds is 6. The SMILES string of the molecule is CNS(=O)(=O)c1cc(NC(=O)COC(=O)C2CCCCC2)ccc1C. The molecule has 0 aromatic heterocycles. The number of hydrogen-bond donors (Lipinski definition) is 2. The van der Waals surface area contributed by atoms with Crippen molar-refractivity contribution in [3.63, 3.8) is 0 Å². The van der Waals surface area contributed by atoms with E-state index in [0.29, 0.717) is 11.3 Å². The molecular weight excluding hydrogens is 344 g/mol. The van der Waals surface area contributed by atoms with E-state index in [9.17, 15) is 18.0 Å². The molecule has 0 radical (unpaired) electrons. The third kappa shape index (κ3) is 5.27. The topological polar surface area (TPSA) is 102 Å². The van der Waals surface area contributed by atoms with Crippen molar-refractivity contribution in [3.8, 4) is 0 Å². The highest BCUT2D eigenvalue weighted by atomic mass is 32.2. The molecule has 0 atom stereocenters. The van der Waals surface area contributed by atoms with Crippen LogP contribution in [0.15, 0.2) is 23.1 Å². The summed E-state index contributed by atoms with van der Waals surface area (Å²) in [6, 6.07) is 4.58. The van der Waals surface area contributed by atoms with Gasteiger partial charge in [0.15, 0.2) is 6.61 Å². The van der Waals surface area contributed by atoms with Crippen LogP contribution in [0.25, 0.3) is 0 Å². The summed E-state index contributed by atoms with van der Waals surface area (Å²) in [6.45, 7) is 1.29. The summed E-state index contributed by atoms with van der Waals surface area (Å²) in [5, 5.41) is 2.56. The van der Waals surface area contributed by atoms with Gasteiger partial charge in [-0.25, -0.2) is 13.1 Å². The second kappa shape index (κ2) is 8.44. The van der Waals surface area contributed by atoms with E-state index < -0.39 is 15.9 Å². The van der Waals surface area contributed by atoms with Crippen LogP contribution in [0.5, 0.6) is 0 Å². The van der Waals surface area contributed by atoms with Gasteiger partial charge >= 0.3 is 5.97 Å². The Morgan fingerprint density at radius 1 is 1.20 bits per heavy atom. The molecule has 138 valence electrons. The molecule has 0 aliphatic heterocycles. The van der Waals surface area contributed by atoms with Gasteiger partial charge in [0.2, 0.25) is 10.0 Å². The van der Waals surface area contributed by atoms with Gasteiger partial charge in [-0.3, -0.25) is 9.59 Å². The molecular formula is C17H24N2O5S. The Morgan fingerprint density at radius 2 is 1.88 bits per heavy atom. The first-order valence-electron chi connectivity index (χ1n) is 8.34. The Kier molecular flexibility index (Phi) is 6.55. The maximum atomic E-state index is 12.0. The Labute approximate surface area is 148 Å². The molecule has 8 heteroatoms. The number of amides is 1. The van der Waals surface area contributed by atoms with Gasteiger partial charge in [0.25, 0.3) is 5.91 Å². The number of anilines is 1. The quantitative estimate of drug-likeness (QED) is 0.748. The largest absolute Gasteiger partial charge is 0.455 e. The van der Waals surface area contributed by atoms with Gasteiger partial charge in [-0.15, -0.1) is 0 Å². The van der Waals surface area contributed by atoms with Gasteiger partial charge in [-0.05, 0) is 44.5 Å². The minimum absolute atomic E-state index is 0.0898. The average molecular weight is 368 g/mol. The molecule has 1 aliphatic rings. The Morgan fingerprint density at radius 3 is 2.52 bits per heavy atom. The van der Waals surface area contributed by atoms with Crippen molar-refractivity contribution >= 4 is 27.6 Å². The minimum Gasteiger partial charge on any atom is -0.455 e. The lowest BCUT2D eigenvalue weighted by Crippen LogP contribution is -2.26. The lowest BCUT2D eigenvalue weighted by atomic mass is 9.89. The highest BCUT2D eigenvalue weighted by Crippen LogP contribution is 2.24. The van der Waals surface area contributed by atoms with E-state index >= 15 is 0 Å². The van der Waals surface area contributed by atoms with E-state index in [1.807, 2.05) is 0 Å². The van der Waals surface area contributed by atoms with E-state index in [1.165, 1.54) is 13.1 Å². The number of carbonyl (C=O) groups excluding carboxylic acids is 2. The van der Waals surface area contributed by atoms with Gasteiger partial charge in [0.1, 0.15) is 0 Å². The van der Waals surface area contributed by atoms with E-state index in [4.69, 9.17) is 4.74 Å². The van der Waals surface area contributed by atoms with Gasteiger partial charge in [0, 0.05) is 5.69 Å². The van der Waals surface area contributed by atoms with Crippen LogP contribution in [0.2, 0.25) is 0 Å². The molecule has 1 aliphatic carbocycles. The second-order valence-electron chi connectivity index (χ2n) is 6.18. The van der Waals surface area contributed by atoms with E-state index in [1.54, 1.807) is 19.1 Å². The number of benzene rings is 1. The van der Waals surface area contributed by atoms with Crippen LogP contribution in [0, 0.1) is 12.8 Å². The fourth-order valence-corrected chi connectivity index (χ4v) is 3.86. The van der Waals surface area contributed by atoms with E-state index in [-0.39, 0.29) is 23.4 Å². The summed E-state index contributed by atoms with van der Waals surface area (Å²) in [4.78, 5) is 24.0. The molecule has 0 heterocycles. The van der Waals surface area contributed by atoms with E-state index in [0.717, 1.165) is 32.1 Å². The Hall–Kier alpha value is -1.93. The summed E-state index contributed by atoms with van der Waals surface area (Å²) >= 11 is 0. The highest BCUT2D eigenvalue weighted by Gasteiger charge is 2.23. The third-order valence-corrected chi connectivity index (χ3v) is 5.87. The van der Waals surface area contributed by atoms with Crippen molar-refractivity contribution in [1.29, 1.82) is 0 Å². The summed E-state index contributed by atoms with van der Waals surface area (Å²) in [5.74, 6) is -0.952. The lowest BCUT2D eigenvalue weighted by molar-refractivity contribution is -0.152. The van der Waals surface area contributed by atoms with Crippen molar-refractivity contribution in [2.75, 3.05) is 19.0 Å². The number of carbonyl (C=O) groups is 2. The molecule has 1 aromatic carbocycles. The smallest absolute Gasteiger partial charge is 0.309 e. The standard InChI is InChI=1S/C17H24N2O5S/c1-12-8-9-14(10-15(12)25(22,23)18-2)19-16(20)11-24-17(21)13-6-4-3-5-7-13/h8-10,13,18H,3-7,11H2,1-2H3,(H,19,20). The number of esters is 1. The number of aryl methyl sites for hydroxylation is 1. The van der Waals surface area contributed by atoms with Crippen LogP contribution >= 0.6 is 0 Å². The monoisotopic (exact) mass is 368 g/mol.